The second-order valence-electron chi connectivity index (χ2n) is 4.80. The van der Waals surface area contributed by atoms with Gasteiger partial charge >= 0.3 is 0 Å². The fraction of sp³-hybridized carbons (Fsp3) is 0.857. The topological polar surface area (TPSA) is 44.1 Å². The highest BCUT2D eigenvalue weighted by atomic mass is 16.2. The summed E-state index contributed by atoms with van der Waals surface area (Å²) >= 11 is 0. The van der Waals surface area contributed by atoms with Crippen molar-refractivity contribution in [2.24, 2.45) is 5.41 Å². The van der Waals surface area contributed by atoms with Crippen LogP contribution in [0.1, 0.15) is 59.8 Å². The Balaban J connectivity index is 4.66. The van der Waals surface area contributed by atoms with Crippen molar-refractivity contribution < 1.29 is 4.79 Å². The van der Waals surface area contributed by atoms with E-state index in [0.29, 0.717) is 6.42 Å². The van der Waals surface area contributed by atoms with Gasteiger partial charge in [0.15, 0.2) is 0 Å². The standard InChI is InChI=1S/C14H26N2O/c1-5-8-10-16(11-9-6-2)13(17)14(4,7-3)12-15/h5-11H2,1-4H3. The summed E-state index contributed by atoms with van der Waals surface area (Å²) in [5.74, 6) is 0.00407. The van der Waals surface area contributed by atoms with E-state index in [-0.39, 0.29) is 5.91 Å². The smallest absolute Gasteiger partial charge is 0.242 e. The molecule has 98 valence electrons. The lowest BCUT2D eigenvalue weighted by molar-refractivity contribution is -0.138. The van der Waals surface area contributed by atoms with E-state index in [1.807, 2.05) is 11.8 Å². The summed E-state index contributed by atoms with van der Waals surface area (Å²) in [4.78, 5) is 14.2. The molecule has 0 aromatic rings. The Kier molecular flexibility index (Phi) is 7.61. The Bertz CT molecular complexity index is 262. The summed E-state index contributed by atoms with van der Waals surface area (Å²) in [6.45, 7) is 9.45. The second-order valence-corrected chi connectivity index (χ2v) is 4.80. The third-order valence-electron chi connectivity index (χ3n) is 3.28. The van der Waals surface area contributed by atoms with Gasteiger partial charge in [-0.3, -0.25) is 4.79 Å². The van der Waals surface area contributed by atoms with Crippen LogP contribution in [0, 0.1) is 16.7 Å². The Hall–Kier alpha value is -1.04. The lowest BCUT2D eigenvalue weighted by Crippen LogP contribution is -2.42. The number of carbonyl (C=O) groups is 1. The summed E-state index contributed by atoms with van der Waals surface area (Å²) in [5, 5.41) is 9.16. The van der Waals surface area contributed by atoms with E-state index in [2.05, 4.69) is 19.9 Å². The Morgan fingerprint density at radius 3 is 1.94 bits per heavy atom. The molecule has 0 aromatic heterocycles. The maximum Gasteiger partial charge on any atom is 0.242 e. The number of nitriles is 1. The highest BCUT2D eigenvalue weighted by Gasteiger charge is 2.34. The molecule has 0 aliphatic carbocycles. The number of hydrogen-bond donors (Lipinski definition) is 0. The van der Waals surface area contributed by atoms with Gasteiger partial charge in [-0.2, -0.15) is 5.26 Å². The molecule has 0 aliphatic heterocycles. The molecule has 0 aromatic carbocycles. The van der Waals surface area contributed by atoms with Crippen LogP contribution >= 0.6 is 0 Å². The maximum absolute atomic E-state index is 12.3. The van der Waals surface area contributed by atoms with Crippen LogP contribution in [-0.4, -0.2) is 23.9 Å². The van der Waals surface area contributed by atoms with E-state index in [4.69, 9.17) is 5.26 Å². The van der Waals surface area contributed by atoms with Crippen LogP contribution in [-0.2, 0) is 4.79 Å². The molecule has 0 radical (unpaired) electrons. The molecule has 0 bridgehead atoms. The van der Waals surface area contributed by atoms with Crippen LogP contribution in [0.3, 0.4) is 0 Å². The van der Waals surface area contributed by atoms with Crippen LogP contribution in [0.15, 0.2) is 0 Å². The first-order valence-corrected chi connectivity index (χ1v) is 6.76. The van der Waals surface area contributed by atoms with E-state index in [0.717, 1.165) is 38.8 Å². The molecule has 0 fully saturated rings. The van der Waals surface area contributed by atoms with Crippen molar-refractivity contribution in [2.75, 3.05) is 13.1 Å². The minimum absolute atomic E-state index is 0.00407. The summed E-state index contributed by atoms with van der Waals surface area (Å²) in [6.07, 6.45) is 4.76. The zero-order valence-electron chi connectivity index (χ0n) is 11.8. The maximum atomic E-state index is 12.3. The molecule has 0 spiro atoms. The molecule has 0 saturated heterocycles. The van der Waals surface area contributed by atoms with Gasteiger partial charge in [0.05, 0.1) is 6.07 Å². The molecular formula is C14H26N2O. The SMILES string of the molecule is CCCCN(CCCC)C(=O)C(C)(C#N)CC. The molecule has 3 nitrogen and oxygen atoms in total. The summed E-state index contributed by atoms with van der Waals surface area (Å²) in [6, 6.07) is 2.17. The van der Waals surface area contributed by atoms with E-state index >= 15 is 0 Å². The van der Waals surface area contributed by atoms with Gasteiger partial charge in [-0.25, -0.2) is 0 Å². The molecule has 1 atom stereocenters. The molecule has 3 heteroatoms. The average Bonchev–Trinajstić information content (AvgIpc) is 2.37. The highest BCUT2D eigenvalue weighted by Crippen LogP contribution is 2.23. The van der Waals surface area contributed by atoms with Gasteiger partial charge in [-0.1, -0.05) is 33.6 Å². The predicted octanol–water partition coefficient (Wildman–Crippen LogP) is 3.36. The number of hydrogen-bond acceptors (Lipinski definition) is 2. The minimum Gasteiger partial charge on any atom is -0.341 e. The highest BCUT2D eigenvalue weighted by molar-refractivity contribution is 5.85. The molecule has 0 heterocycles. The summed E-state index contributed by atoms with van der Waals surface area (Å²) < 4.78 is 0. The lowest BCUT2D eigenvalue weighted by atomic mass is 9.87. The Morgan fingerprint density at radius 2 is 1.65 bits per heavy atom. The quantitative estimate of drug-likeness (QED) is 0.651. The van der Waals surface area contributed by atoms with Gasteiger partial charge in [0.25, 0.3) is 0 Å². The van der Waals surface area contributed by atoms with Gasteiger partial charge in [0, 0.05) is 13.1 Å². The third kappa shape index (κ3) is 4.77. The molecule has 1 unspecified atom stereocenters. The number of rotatable bonds is 8. The van der Waals surface area contributed by atoms with Crippen LogP contribution < -0.4 is 0 Å². The molecule has 0 N–H and O–H groups in total. The van der Waals surface area contributed by atoms with E-state index in [1.54, 1.807) is 6.92 Å². The molecule has 0 aliphatic rings. The minimum atomic E-state index is -0.846. The summed E-state index contributed by atoms with van der Waals surface area (Å²) in [7, 11) is 0. The Morgan fingerprint density at radius 1 is 1.18 bits per heavy atom. The molecule has 0 rings (SSSR count). The van der Waals surface area contributed by atoms with Gasteiger partial charge < -0.3 is 4.90 Å². The van der Waals surface area contributed by atoms with Crippen molar-refractivity contribution in [1.82, 2.24) is 4.90 Å². The lowest BCUT2D eigenvalue weighted by Gasteiger charge is -2.29. The van der Waals surface area contributed by atoms with Crippen molar-refractivity contribution in [3.63, 3.8) is 0 Å². The van der Waals surface area contributed by atoms with E-state index in [1.165, 1.54) is 0 Å². The molecular weight excluding hydrogens is 212 g/mol. The summed E-state index contributed by atoms with van der Waals surface area (Å²) in [5.41, 5.74) is -0.846. The number of unbranched alkanes of at least 4 members (excludes halogenated alkanes) is 2. The van der Waals surface area contributed by atoms with Crippen molar-refractivity contribution in [3.8, 4) is 6.07 Å². The number of carbonyl (C=O) groups excluding carboxylic acids is 1. The number of nitrogens with zero attached hydrogens (tertiary/aromatic N) is 2. The van der Waals surface area contributed by atoms with Gasteiger partial charge in [0.2, 0.25) is 5.91 Å². The van der Waals surface area contributed by atoms with Crippen LogP contribution in [0.5, 0.6) is 0 Å². The van der Waals surface area contributed by atoms with Gasteiger partial charge in [-0.05, 0) is 26.2 Å². The Labute approximate surface area is 106 Å². The van der Waals surface area contributed by atoms with Crippen molar-refractivity contribution in [3.05, 3.63) is 0 Å². The normalized spacial score (nSPS) is 13.8. The van der Waals surface area contributed by atoms with Gasteiger partial charge in [0.1, 0.15) is 5.41 Å². The second kappa shape index (κ2) is 8.11. The first-order valence-electron chi connectivity index (χ1n) is 6.76. The third-order valence-corrected chi connectivity index (χ3v) is 3.28. The fourth-order valence-electron chi connectivity index (χ4n) is 1.64. The van der Waals surface area contributed by atoms with Gasteiger partial charge in [-0.15, -0.1) is 0 Å². The average molecular weight is 238 g/mol. The molecule has 0 saturated carbocycles. The van der Waals surface area contributed by atoms with E-state index in [9.17, 15) is 4.79 Å². The van der Waals surface area contributed by atoms with E-state index < -0.39 is 5.41 Å². The predicted molar refractivity (Wildman–Crippen MR) is 70.4 cm³/mol. The first-order chi connectivity index (χ1) is 8.05. The molecule has 1 amide bonds. The van der Waals surface area contributed by atoms with Crippen LogP contribution in [0.25, 0.3) is 0 Å². The molecule has 17 heavy (non-hydrogen) atoms. The zero-order valence-corrected chi connectivity index (χ0v) is 11.8. The van der Waals surface area contributed by atoms with Crippen LogP contribution in [0.2, 0.25) is 0 Å². The van der Waals surface area contributed by atoms with Crippen molar-refractivity contribution >= 4 is 5.91 Å². The monoisotopic (exact) mass is 238 g/mol. The van der Waals surface area contributed by atoms with Crippen molar-refractivity contribution in [1.29, 1.82) is 5.26 Å². The fourth-order valence-corrected chi connectivity index (χ4v) is 1.64. The first kappa shape index (κ1) is 16.0. The van der Waals surface area contributed by atoms with Crippen LogP contribution in [0.4, 0.5) is 0 Å². The number of amides is 1. The van der Waals surface area contributed by atoms with Crippen molar-refractivity contribution in [2.45, 2.75) is 59.8 Å². The largest absolute Gasteiger partial charge is 0.341 e. The zero-order chi connectivity index (χ0) is 13.3.